The Bertz CT molecular complexity index is 1290. The average molecular weight is 430 g/mol. The lowest BCUT2D eigenvalue weighted by Crippen LogP contribution is -2.17. The molecule has 0 bridgehead atoms. The second-order valence-electron chi connectivity index (χ2n) is 6.58. The summed E-state index contributed by atoms with van der Waals surface area (Å²) >= 11 is 6.96. The first kappa shape index (κ1) is 19.5. The Labute approximate surface area is 173 Å². The summed E-state index contributed by atoms with van der Waals surface area (Å²) in [5.41, 5.74) is 0.743. The van der Waals surface area contributed by atoms with E-state index in [0.717, 1.165) is 10.4 Å². The Balaban J connectivity index is 2.02. The zero-order chi connectivity index (χ0) is 20.7. The third-order valence-electron chi connectivity index (χ3n) is 4.78. The molecular formula is C22H14ClF2NO2S. The van der Waals surface area contributed by atoms with Crippen molar-refractivity contribution < 1.29 is 13.6 Å². The Morgan fingerprint density at radius 2 is 1.72 bits per heavy atom. The van der Waals surface area contributed by atoms with E-state index < -0.39 is 22.3 Å². The highest BCUT2D eigenvalue weighted by Crippen LogP contribution is 2.37. The minimum Gasteiger partial charge on any atom is -0.334 e. The first-order chi connectivity index (χ1) is 13.9. The third kappa shape index (κ3) is 3.39. The van der Waals surface area contributed by atoms with Gasteiger partial charge in [-0.3, -0.25) is 9.59 Å². The van der Waals surface area contributed by atoms with Gasteiger partial charge in [-0.05, 0) is 41.8 Å². The van der Waals surface area contributed by atoms with Gasteiger partial charge in [-0.2, -0.15) is 0 Å². The van der Waals surface area contributed by atoms with E-state index in [1.54, 1.807) is 6.92 Å². The number of hydrogen-bond acceptors (Lipinski definition) is 3. The van der Waals surface area contributed by atoms with Gasteiger partial charge in [0.2, 0.25) is 5.43 Å². The van der Waals surface area contributed by atoms with Crippen LogP contribution >= 0.6 is 22.9 Å². The number of thiophene rings is 1. The summed E-state index contributed by atoms with van der Waals surface area (Å²) in [5, 5.41) is -0.580. The quantitative estimate of drug-likeness (QED) is 0.388. The molecule has 146 valence electrons. The topological polar surface area (TPSA) is 39.1 Å². The van der Waals surface area contributed by atoms with Crippen LogP contribution in [0.1, 0.15) is 21.5 Å². The van der Waals surface area contributed by atoms with Crippen LogP contribution in [0, 0.1) is 18.6 Å². The van der Waals surface area contributed by atoms with Crippen LogP contribution in [0.5, 0.6) is 0 Å². The maximum atomic E-state index is 14.2. The molecule has 7 heteroatoms. The summed E-state index contributed by atoms with van der Waals surface area (Å²) in [4.78, 5) is 26.1. The molecule has 29 heavy (non-hydrogen) atoms. The van der Waals surface area contributed by atoms with E-state index in [2.05, 4.69) is 0 Å². The summed E-state index contributed by atoms with van der Waals surface area (Å²) < 4.78 is 30.0. The molecule has 0 unspecified atom stereocenters. The molecule has 2 heterocycles. The molecule has 0 fully saturated rings. The molecule has 0 atom stereocenters. The molecule has 0 aliphatic heterocycles. The van der Waals surface area contributed by atoms with Gasteiger partial charge in [-0.15, -0.1) is 11.3 Å². The van der Waals surface area contributed by atoms with Gasteiger partial charge in [0.25, 0.3) is 5.24 Å². The van der Waals surface area contributed by atoms with Crippen molar-refractivity contribution >= 4 is 38.4 Å². The summed E-state index contributed by atoms with van der Waals surface area (Å²) in [6, 6.07) is 13.1. The fourth-order valence-electron chi connectivity index (χ4n) is 3.35. The average Bonchev–Trinajstić information content (AvgIpc) is 3.05. The summed E-state index contributed by atoms with van der Waals surface area (Å²) in [5.74, 6) is -1.40. The van der Waals surface area contributed by atoms with E-state index in [-0.39, 0.29) is 17.7 Å². The minimum absolute atomic E-state index is 0.155. The maximum absolute atomic E-state index is 14.2. The number of rotatable bonds is 4. The molecule has 3 nitrogen and oxygen atoms in total. The Kier molecular flexibility index (Phi) is 5.06. The fraction of sp³-hybridized carbons (Fsp3) is 0.0909. The number of carbonyl (C=O) groups excluding carboxylic acids is 1. The van der Waals surface area contributed by atoms with Gasteiger partial charge in [-0.1, -0.05) is 36.4 Å². The molecule has 2 aromatic carbocycles. The molecule has 4 rings (SSSR count). The van der Waals surface area contributed by atoms with Crippen LogP contribution in [-0.4, -0.2) is 9.81 Å². The molecule has 0 spiro atoms. The smallest absolute Gasteiger partial charge is 0.257 e. The predicted octanol–water partition coefficient (Wildman–Crippen LogP) is 5.74. The second-order valence-corrected chi connectivity index (χ2v) is 7.92. The zero-order valence-corrected chi connectivity index (χ0v) is 16.8. The van der Waals surface area contributed by atoms with Gasteiger partial charge in [-0.25, -0.2) is 8.78 Å². The third-order valence-corrected chi connectivity index (χ3v) is 6.37. The fourth-order valence-corrected chi connectivity index (χ4v) is 4.77. The number of pyridine rings is 1. The second kappa shape index (κ2) is 7.54. The molecule has 0 saturated carbocycles. The van der Waals surface area contributed by atoms with E-state index in [1.807, 2.05) is 30.3 Å². The molecule has 4 aromatic rings. The predicted molar refractivity (Wildman–Crippen MR) is 112 cm³/mol. The number of benzene rings is 2. The largest absolute Gasteiger partial charge is 0.334 e. The van der Waals surface area contributed by atoms with Gasteiger partial charge >= 0.3 is 0 Å². The van der Waals surface area contributed by atoms with Gasteiger partial charge in [0.1, 0.15) is 16.5 Å². The first-order valence-electron chi connectivity index (χ1n) is 8.73. The minimum atomic E-state index is -0.911. The normalized spacial score (nSPS) is 11.2. The summed E-state index contributed by atoms with van der Waals surface area (Å²) in [6.07, 6.45) is 1.27. The lowest BCUT2D eigenvalue weighted by Gasteiger charge is -2.11. The lowest BCUT2D eigenvalue weighted by molar-refractivity contribution is 0.108. The summed E-state index contributed by atoms with van der Waals surface area (Å²) in [7, 11) is 0. The molecule has 2 aromatic heterocycles. The Hall–Kier alpha value is -2.83. The van der Waals surface area contributed by atoms with Crippen LogP contribution in [0.2, 0.25) is 0 Å². The van der Waals surface area contributed by atoms with Crippen LogP contribution in [0.3, 0.4) is 0 Å². The van der Waals surface area contributed by atoms with Crippen molar-refractivity contribution in [1.29, 1.82) is 0 Å². The maximum Gasteiger partial charge on any atom is 0.257 e. The number of nitrogens with zero attached hydrogens (tertiary/aromatic N) is 1. The molecule has 0 saturated heterocycles. The van der Waals surface area contributed by atoms with E-state index in [9.17, 15) is 18.4 Å². The van der Waals surface area contributed by atoms with E-state index >= 15 is 0 Å². The van der Waals surface area contributed by atoms with E-state index in [0.29, 0.717) is 15.8 Å². The highest BCUT2D eigenvalue weighted by atomic mass is 35.5. The number of aromatic nitrogens is 1. The number of halogens is 3. The molecule has 0 N–H and O–H groups in total. The summed E-state index contributed by atoms with van der Waals surface area (Å²) in [6.45, 7) is 1.61. The van der Waals surface area contributed by atoms with Crippen LogP contribution in [0.15, 0.2) is 59.5 Å². The number of hydrogen-bond donors (Lipinski definition) is 0. The van der Waals surface area contributed by atoms with Gasteiger partial charge < -0.3 is 4.57 Å². The van der Waals surface area contributed by atoms with Crippen molar-refractivity contribution in [3.05, 3.63) is 93.3 Å². The van der Waals surface area contributed by atoms with Crippen molar-refractivity contribution in [2.45, 2.75) is 13.5 Å². The highest BCUT2D eigenvalue weighted by Gasteiger charge is 2.21. The Morgan fingerprint density at radius 3 is 2.34 bits per heavy atom. The number of carbonyl (C=O) groups is 1. The zero-order valence-electron chi connectivity index (χ0n) is 15.2. The van der Waals surface area contributed by atoms with Crippen LogP contribution in [0.25, 0.3) is 20.7 Å². The Morgan fingerprint density at radius 1 is 1.07 bits per heavy atom. The molecule has 0 radical (unpaired) electrons. The van der Waals surface area contributed by atoms with Gasteiger partial charge in [0.05, 0.1) is 17.5 Å². The van der Waals surface area contributed by atoms with Crippen LogP contribution in [0.4, 0.5) is 8.78 Å². The molecule has 0 aliphatic carbocycles. The van der Waals surface area contributed by atoms with Crippen molar-refractivity contribution in [2.75, 3.05) is 0 Å². The molecular weight excluding hydrogens is 416 g/mol. The van der Waals surface area contributed by atoms with Crippen molar-refractivity contribution in [3.8, 4) is 10.4 Å². The van der Waals surface area contributed by atoms with E-state index in [1.165, 1.54) is 40.3 Å². The monoisotopic (exact) mass is 429 g/mol. The van der Waals surface area contributed by atoms with Crippen LogP contribution in [-0.2, 0) is 6.54 Å². The van der Waals surface area contributed by atoms with Gasteiger partial charge in [0, 0.05) is 16.6 Å². The van der Waals surface area contributed by atoms with Crippen LogP contribution < -0.4 is 5.43 Å². The lowest BCUT2D eigenvalue weighted by atomic mass is 10.1. The van der Waals surface area contributed by atoms with E-state index in [4.69, 9.17) is 11.6 Å². The molecule has 0 amide bonds. The molecule has 0 aliphatic rings. The van der Waals surface area contributed by atoms with Crippen molar-refractivity contribution in [1.82, 2.24) is 4.57 Å². The highest BCUT2D eigenvalue weighted by molar-refractivity contribution is 7.22. The SMILES string of the molecule is Cc1c(-c2ccccc2)sc2c1c(=O)c(C(=O)Cl)cn2Cc1c(F)cccc1F. The number of fused-ring (bicyclic) bond motifs is 1. The standard InChI is InChI=1S/C22H14ClF2NO2S/c1-12-18-19(27)15(21(23)28)11-26(10-14-16(24)8-5-9-17(14)25)22(18)29-20(12)13-6-3-2-4-7-13/h2-9,11H,10H2,1H3. The first-order valence-corrected chi connectivity index (χ1v) is 9.92. The number of aryl methyl sites for hydroxylation is 1. The van der Waals surface area contributed by atoms with Crippen molar-refractivity contribution in [2.24, 2.45) is 0 Å². The van der Waals surface area contributed by atoms with Crippen molar-refractivity contribution in [3.63, 3.8) is 0 Å². The van der Waals surface area contributed by atoms with Gasteiger partial charge in [0.15, 0.2) is 0 Å².